The molecule has 2 atom stereocenters. The molecule has 0 radical (unpaired) electrons. The summed E-state index contributed by atoms with van der Waals surface area (Å²) in [5, 5.41) is 8.87. The lowest BCUT2D eigenvalue weighted by Crippen LogP contribution is -2.42. The zero-order chi connectivity index (χ0) is 8.43. The standard InChI is InChI=1S/C7H14N2O2/c1-9-3-2-5(4-10)6(9)7(8)11/h5-6,10H,2-4H2,1H3,(H2,8,11). The molecule has 2 unspecified atom stereocenters. The number of carbonyl (C=O) groups excluding carboxylic acids is 1. The molecule has 0 aromatic carbocycles. The third kappa shape index (κ3) is 1.52. The van der Waals surface area contributed by atoms with E-state index < -0.39 is 0 Å². The zero-order valence-electron chi connectivity index (χ0n) is 6.66. The van der Waals surface area contributed by atoms with Gasteiger partial charge in [-0.1, -0.05) is 0 Å². The molecule has 3 N–H and O–H groups in total. The molecular weight excluding hydrogens is 144 g/mol. The molecule has 1 fully saturated rings. The van der Waals surface area contributed by atoms with Crippen molar-refractivity contribution in [1.82, 2.24) is 4.90 Å². The van der Waals surface area contributed by atoms with Gasteiger partial charge < -0.3 is 10.8 Å². The fourth-order valence-corrected chi connectivity index (χ4v) is 1.67. The molecule has 1 rings (SSSR count). The van der Waals surface area contributed by atoms with Gasteiger partial charge in [0.15, 0.2) is 0 Å². The molecule has 1 aliphatic rings. The van der Waals surface area contributed by atoms with Crippen molar-refractivity contribution in [3.63, 3.8) is 0 Å². The minimum atomic E-state index is -0.330. The number of nitrogens with two attached hydrogens (primary N) is 1. The van der Waals surface area contributed by atoms with Crippen LogP contribution >= 0.6 is 0 Å². The first kappa shape index (κ1) is 8.49. The fraction of sp³-hybridized carbons (Fsp3) is 0.857. The summed E-state index contributed by atoms with van der Waals surface area (Å²) in [5.74, 6) is -0.290. The molecule has 4 nitrogen and oxygen atoms in total. The van der Waals surface area contributed by atoms with E-state index in [1.165, 1.54) is 0 Å². The van der Waals surface area contributed by atoms with Gasteiger partial charge >= 0.3 is 0 Å². The lowest BCUT2D eigenvalue weighted by atomic mass is 10.0. The lowest BCUT2D eigenvalue weighted by Gasteiger charge is -2.19. The number of hydrogen-bond donors (Lipinski definition) is 2. The highest BCUT2D eigenvalue weighted by molar-refractivity contribution is 5.80. The van der Waals surface area contributed by atoms with E-state index in [1.54, 1.807) is 0 Å². The third-order valence-electron chi connectivity index (χ3n) is 2.30. The van der Waals surface area contributed by atoms with Crippen LogP contribution in [0.5, 0.6) is 0 Å². The van der Waals surface area contributed by atoms with Gasteiger partial charge in [0.25, 0.3) is 0 Å². The van der Waals surface area contributed by atoms with Crippen LogP contribution in [-0.2, 0) is 4.79 Å². The predicted molar refractivity (Wildman–Crippen MR) is 40.8 cm³/mol. The Labute approximate surface area is 66.0 Å². The Morgan fingerprint density at radius 3 is 2.82 bits per heavy atom. The first-order valence-corrected chi connectivity index (χ1v) is 3.77. The minimum absolute atomic E-state index is 0.0394. The normalized spacial score (nSPS) is 32.5. The number of rotatable bonds is 2. The molecule has 0 aliphatic carbocycles. The van der Waals surface area contributed by atoms with E-state index in [9.17, 15) is 4.79 Å². The van der Waals surface area contributed by atoms with Crippen LogP contribution in [0.25, 0.3) is 0 Å². The predicted octanol–water partition coefficient (Wildman–Crippen LogP) is -1.22. The maximum absolute atomic E-state index is 10.9. The first-order chi connectivity index (χ1) is 5.16. The number of carbonyl (C=O) groups is 1. The van der Waals surface area contributed by atoms with Gasteiger partial charge in [0.2, 0.25) is 5.91 Å². The van der Waals surface area contributed by atoms with Crippen LogP contribution in [0, 0.1) is 5.92 Å². The van der Waals surface area contributed by atoms with Crippen molar-refractivity contribution in [2.75, 3.05) is 20.2 Å². The maximum Gasteiger partial charge on any atom is 0.235 e. The van der Waals surface area contributed by atoms with Crippen molar-refractivity contribution in [3.8, 4) is 0 Å². The summed E-state index contributed by atoms with van der Waals surface area (Å²) in [6.07, 6.45) is 0.862. The van der Waals surface area contributed by atoms with Crippen LogP contribution in [0.1, 0.15) is 6.42 Å². The fourth-order valence-electron chi connectivity index (χ4n) is 1.67. The molecule has 0 aromatic heterocycles. The number of amides is 1. The van der Waals surface area contributed by atoms with Gasteiger partial charge in [0.05, 0.1) is 6.04 Å². The summed E-state index contributed by atoms with van der Waals surface area (Å²) in [6, 6.07) is -0.264. The summed E-state index contributed by atoms with van der Waals surface area (Å²) in [6.45, 7) is 0.900. The van der Waals surface area contributed by atoms with Gasteiger partial charge in [-0.3, -0.25) is 9.69 Å². The van der Waals surface area contributed by atoms with Gasteiger partial charge in [-0.25, -0.2) is 0 Å². The second kappa shape index (κ2) is 3.19. The number of aliphatic hydroxyl groups excluding tert-OH is 1. The van der Waals surface area contributed by atoms with Crippen molar-refractivity contribution < 1.29 is 9.90 Å². The number of likely N-dealkylation sites (tertiary alicyclic amines) is 1. The van der Waals surface area contributed by atoms with E-state index in [1.807, 2.05) is 11.9 Å². The molecule has 0 saturated carbocycles. The van der Waals surface area contributed by atoms with Gasteiger partial charge in [0, 0.05) is 12.5 Å². The van der Waals surface area contributed by atoms with E-state index in [4.69, 9.17) is 10.8 Å². The van der Waals surface area contributed by atoms with Crippen LogP contribution in [0.2, 0.25) is 0 Å². The number of likely N-dealkylation sites (N-methyl/N-ethyl adjacent to an activating group) is 1. The molecule has 0 spiro atoms. The molecule has 64 valence electrons. The van der Waals surface area contributed by atoms with Gasteiger partial charge in [0.1, 0.15) is 0 Å². The number of aliphatic hydroxyl groups is 1. The third-order valence-corrected chi connectivity index (χ3v) is 2.30. The van der Waals surface area contributed by atoms with Crippen molar-refractivity contribution in [2.45, 2.75) is 12.5 Å². The Hall–Kier alpha value is -0.610. The molecular formula is C7H14N2O2. The molecule has 11 heavy (non-hydrogen) atoms. The summed E-state index contributed by atoms with van der Waals surface area (Å²) in [7, 11) is 1.85. The number of nitrogens with zero attached hydrogens (tertiary/aromatic N) is 1. The van der Waals surface area contributed by atoms with Crippen LogP contribution in [-0.4, -0.2) is 42.2 Å². The highest BCUT2D eigenvalue weighted by atomic mass is 16.3. The smallest absolute Gasteiger partial charge is 0.235 e. The average Bonchev–Trinajstić information content (AvgIpc) is 2.30. The quantitative estimate of drug-likeness (QED) is 0.529. The lowest BCUT2D eigenvalue weighted by molar-refractivity contribution is -0.123. The van der Waals surface area contributed by atoms with Crippen LogP contribution in [0.3, 0.4) is 0 Å². The summed E-state index contributed by atoms with van der Waals surface area (Å²) in [5.41, 5.74) is 5.16. The minimum Gasteiger partial charge on any atom is -0.396 e. The molecule has 1 aliphatic heterocycles. The summed E-state index contributed by atoms with van der Waals surface area (Å²) >= 11 is 0. The topological polar surface area (TPSA) is 66.6 Å². The average molecular weight is 158 g/mol. The number of hydrogen-bond acceptors (Lipinski definition) is 3. The Morgan fingerprint density at radius 2 is 2.45 bits per heavy atom. The largest absolute Gasteiger partial charge is 0.396 e. The van der Waals surface area contributed by atoms with E-state index >= 15 is 0 Å². The molecule has 1 amide bonds. The maximum atomic E-state index is 10.9. The van der Waals surface area contributed by atoms with Crippen LogP contribution < -0.4 is 5.73 Å². The highest BCUT2D eigenvalue weighted by Gasteiger charge is 2.34. The van der Waals surface area contributed by atoms with Crippen molar-refractivity contribution >= 4 is 5.91 Å². The van der Waals surface area contributed by atoms with Gasteiger partial charge in [-0.2, -0.15) is 0 Å². The molecule has 0 bridgehead atoms. The molecule has 1 saturated heterocycles. The van der Waals surface area contributed by atoms with Gasteiger partial charge in [-0.15, -0.1) is 0 Å². The Kier molecular flexibility index (Phi) is 2.46. The first-order valence-electron chi connectivity index (χ1n) is 3.77. The van der Waals surface area contributed by atoms with E-state index in [0.717, 1.165) is 13.0 Å². The monoisotopic (exact) mass is 158 g/mol. The molecule has 1 heterocycles. The van der Waals surface area contributed by atoms with E-state index in [-0.39, 0.29) is 24.5 Å². The number of primary amides is 1. The zero-order valence-corrected chi connectivity index (χ0v) is 6.66. The Morgan fingerprint density at radius 1 is 1.82 bits per heavy atom. The van der Waals surface area contributed by atoms with E-state index in [0.29, 0.717) is 0 Å². The van der Waals surface area contributed by atoms with Crippen molar-refractivity contribution in [1.29, 1.82) is 0 Å². The van der Waals surface area contributed by atoms with Crippen molar-refractivity contribution in [3.05, 3.63) is 0 Å². The second-order valence-electron chi connectivity index (χ2n) is 3.06. The summed E-state index contributed by atoms with van der Waals surface area (Å²) < 4.78 is 0. The SMILES string of the molecule is CN1CCC(CO)C1C(N)=O. The van der Waals surface area contributed by atoms with Crippen LogP contribution in [0.4, 0.5) is 0 Å². The van der Waals surface area contributed by atoms with Gasteiger partial charge in [-0.05, 0) is 20.0 Å². The second-order valence-corrected chi connectivity index (χ2v) is 3.06. The molecule has 4 heteroatoms. The van der Waals surface area contributed by atoms with Crippen molar-refractivity contribution in [2.24, 2.45) is 11.7 Å². The van der Waals surface area contributed by atoms with E-state index in [2.05, 4.69) is 0 Å². The highest BCUT2D eigenvalue weighted by Crippen LogP contribution is 2.21. The Bertz CT molecular complexity index is 161. The molecule has 0 aromatic rings. The summed E-state index contributed by atoms with van der Waals surface area (Å²) in [4.78, 5) is 12.7. The Balaban J connectivity index is 2.63. The van der Waals surface area contributed by atoms with Crippen LogP contribution in [0.15, 0.2) is 0 Å².